The van der Waals surface area contributed by atoms with Crippen molar-refractivity contribution in [1.29, 1.82) is 0 Å². The minimum atomic E-state index is -7.93. The quantitative estimate of drug-likeness (QED) is 0.290. The molecule has 0 saturated heterocycles. The number of para-hydroxylation sites is 1. The van der Waals surface area contributed by atoms with Crippen molar-refractivity contribution >= 4 is 0 Å². The minimum Gasteiger partial charge on any atom is -0.493 e. The second-order valence-corrected chi connectivity index (χ2v) is 6.81. The van der Waals surface area contributed by atoms with Gasteiger partial charge in [-0.25, -0.2) is 0 Å². The van der Waals surface area contributed by atoms with E-state index < -0.39 is 53.9 Å². The molecule has 0 bridgehead atoms. The van der Waals surface area contributed by atoms with Crippen molar-refractivity contribution in [2.45, 2.75) is 61.7 Å². The highest BCUT2D eigenvalue weighted by atomic mass is 19.4. The molecule has 1 aromatic rings. The van der Waals surface area contributed by atoms with E-state index in [1.807, 2.05) is 0 Å². The molecule has 33 heavy (non-hydrogen) atoms. The van der Waals surface area contributed by atoms with E-state index in [0.29, 0.717) is 13.5 Å². The molecule has 192 valence electrons. The van der Waals surface area contributed by atoms with Gasteiger partial charge in [0.25, 0.3) is 0 Å². The first kappa shape index (κ1) is 29.1. The molecule has 0 aliphatic heterocycles. The molecule has 0 fully saturated rings. The Morgan fingerprint density at radius 2 is 1.21 bits per heavy atom. The Morgan fingerprint density at radius 1 is 0.727 bits per heavy atom. The van der Waals surface area contributed by atoms with Crippen LogP contribution in [0.5, 0.6) is 5.75 Å². The van der Waals surface area contributed by atoms with Crippen LogP contribution < -0.4 is 4.74 Å². The maximum atomic E-state index is 14.2. The van der Waals surface area contributed by atoms with Crippen LogP contribution in [0, 0.1) is 0 Å². The van der Waals surface area contributed by atoms with Gasteiger partial charge in [0.15, 0.2) is 0 Å². The van der Waals surface area contributed by atoms with Crippen LogP contribution in [0.25, 0.3) is 0 Å². The van der Waals surface area contributed by atoms with Crippen molar-refractivity contribution in [2.24, 2.45) is 0 Å². The molecule has 2 nitrogen and oxygen atoms in total. The number of alkyl halides is 13. The second-order valence-electron chi connectivity index (χ2n) is 6.81. The Labute approximate surface area is 178 Å². The fourth-order valence-corrected chi connectivity index (χ4v) is 2.57. The smallest absolute Gasteiger partial charge is 0.460 e. The Hall–Kier alpha value is -1.93. The zero-order chi connectivity index (χ0) is 26.1. The Kier molecular flexibility index (Phi) is 8.27. The van der Waals surface area contributed by atoms with Gasteiger partial charge >= 0.3 is 35.8 Å². The fourth-order valence-electron chi connectivity index (χ4n) is 2.57. The highest BCUT2D eigenvalue weighted by Gasteiger charge is 2.90. The van der Waals surface area contributed by atoms with Gasteiger partial charge in [0, 0.05) is 19.1 Å². The number of methoxy groups -OCH3 is 1. The molecule has 1 rings (SSSR count). The standard InChI is InChI=1S/C18H17F13O2/c1-3-8-33-11-7-5-4-6-10(11)12(32-2)9-13(19,20)14(21,22)15(23,24)16(25,26)17(27,28)18(29,30)31/h4-7,12H,3,8-9H2,1-2H3. The summed E-state index contributed by atoms with van der Waals surface area (Å²) in [6.45, 7) is 1.61. The molecule has 1 aromatic carbocycles. The predicted molar refractivity (Wildman–Crippen MR) is 87.4 cm³/mol. The highest BCUT2D eigenvalue weighted by molar-refractivity contribution is 5.35. The Morgan fingerprint density at radius 3 is 1.67 bits per heavy atom. The van der Waals surface area contributed by atoms with Crippen molar-refractivity contribution < 1.29 is 66.5 Å². The molecular weight excluding hydrogens is 495 g/mol. The topological polar surface area (TPSA) is 18.5 Å². The first-order valence-electron chi connectivity index (χ1n) is 8.93. The summed E-state index contributed by atoms with van der Waals surface area (Å²) in [6, 6.07) is 4.61. The summed E-state index contributed by atoms with van der Waals surface area (Å²) in [5, 5.41) is 0. The SMILES string of the molecule is CCCOc1ccccc1C(CC(F)(F)C(F)(F)C(F)(F)C(F)(F)C(F)(F)C(F)(F)F)OC. The first-order chi connectivity index (χ1) is 14.7. The summed E-state index contributed by atoms with van der Waals surface area (Å²) >= 11 is 0. The molecule has 0 saturated carbocycles. The molecular formula is C18H17F13O2. The lowest BCUT2D eigenvalue weighted by molar-refractivity contribution is -0.440. The number of halogens is 13. The molecule has 1 unspecified atom stereocenters. The number of hydrogen-bond donors (Lipinski definition) is 0. The van der Waals surface area contributed by atoms with Crippen LogP contribution in [0.1, 0.15) is 31.4 Å². The summed E-state index contributed by atoms with van der Waals surface area (Å²) < 4.78 is 182. The zero-order valence-electron chi connectivity index (χ0n) is 16.7. The van der Waals surface area contributed by atoms with E-state index in [4.69, 9.17) is 4.74 Å². The Balaban J connectivity index is 3.43. The van der Waals surface area contributed by atoms with Crippen LogP contribution in [0.3, 0.4) is 0 Å². The third-order valence-corrected chi connectivity index (χ3v) is 4.45. The number of ether oxygens (including phenoxy) is 2. The maximum absolute atomic E-state index is 14.2. The molecule has 0 aromatic heterocycles. The maximum Gasteiger partial charge on any atom is 0.460 e. The number of hydrogen-bond acceptors (Lipinski definition) is 2. The second kappa shape index (κ2) is 9.37. The van der Waals surface area contributed by atoms with Crippen molar-refractivity contribution in [3.63, 3.8) is 0 Å². The van der Waals surface area contributed by atoms with Crippen LogP contribution in [0.2, 0.25) is 0 Å². The molecule has 15 heteroatoms. The summed E-state index contributed by atoms with van der Waals surface area (Å²) in [6.07, 6.45) is -11.8. The van der Waals surface area contributed by atoms with E-state index in [1.54, 1.807) is 6.92 Å². The summed E-state index contributed by atoms with van der Waals surface area (Å²) in [4.78, 5) is 0. The van der Waals surface area contributed by atoms with Gasteiger partial charge in [-0.2, -0.15) is 57.1 Å². The minimum absolute atomic E-state index is 0.0170. The van der Waals surface area contributed by atoms with Gasteiger partial charge in [-0.3, -0.25) is 0 Å². The van der Waals surface area contributed by atoms with E-state index in [9.17, 15) is 57.1 Å². The van der Waals surface area contributed by atoms with Gasteiger partial charge in [-0.15, -0.1) is 0 Å². The van der Waals surface area contributed by atoms with E-state index in [1.165, 1.54) is 12.1 Å². The van der Waals surface area contributed by atoms with Crippen LogP contribution >= 0.6 is 0 Å². The van der Waals surface area contributed by atoms with Gasteiger partial charge < -0.3 is 9.47 Å². The van der Waals surface area contributed by atoms with Gasteiger partial charge in [-0.05, 0) is 12.5 Å². The largest absolute Gasteiger partial charge is 0.493 e. The van der Waals surface area contributed by atoms with Crippen molar-refractivity contribution in [2.75, 3.05) is 13.7 Å². The van der Waals surface area contributed by atoms with E-state index in [0.717, 1.165) is 12.1 Å². The third-order valence-electron chi connectivity index (χ3n) is 4.45. The molecule has 0 amide bonds. The van der Waals surface area contributed by atoms with Crippen LogP contribution in [0.15, 0.2) is 24.3 Å². The van der Waals surface area contributed by atoms with E-state index in [2.05, 4.69) is 4.74 Å². The molecule has 0 aliphatic carbocycles. The normalized spacial score (nSPS) is 15.5. The highest BCUT2D eigenvalue weighted by Crippen LogP contribution is 2.61. The van der Waals surface area contributed by atoms with Gasteiger partial charge in [0.2, 0.25) is 0 Å². The fraction of sp³-hybridized carbons (Fsp3) is 0.667. The van der Waals surface area contributed by atoms with Crippen LogP contribution in [0.4, 0.5) is 57.1 Å². The summed E-state index contributed by atoms with van der Waals surface area (Å²) in [5.41, 5.74) is -0.417. The average molecular weight is 512 g/mol. The van der Waals surface area contributed by atoms with Gasteiger partial charge in [0.05, 0.1) is 12.7 Å². The summed E-state index contributed by atoms with van der Waals surface area (Å²) in [7, 11) is 0.653. The lowest BCUT2D eigenvalue weighted by Gasteiger charge is -2.40. The van der Waals surface area contributed by atoms with Gasteiger partial charge in [-0.1, -0.05) is 25.1 Å². The number of rotatable bonds is 11. The molecule has 0 spiro atoms. The van der Waals surface area contributed by atoms with Crippen molar-refractivity contribution in [1.82, 2.24) is 0 Å². The van der Waals surface area contributed by atoms with Crippen LogP contribution in [-0.4, -0.2) is 49.5 Å². The molecule has 0 N–H and O–H groups in total. The summed E-state index contributed by atoms with van der Waals surface area (Å²) in [5.74, 6) is -37.4. The van der Waals surface area contributed by atoms with Crippen molar-refractivity contribution in [3.05, 3.63) is 29.8 Å². The molecule has 0 aliphatic rings. The Bertz CT molecular complexity index is 790. The average Bonchev–Trinajstić information content (AvgIpc) is 2.69. The first-order valence-corrected chi connectivity index (χ1v) is 8.93. The predicted octanol–water partition coefficient (Wildman–Crippen LogP) is 7.29. The lowest BCUT2D eigenvalue weighted by Crippen LogP contribution is -2.70. The lowest BCUT2D eigenvalue weighted by atomic mass is 9.90. The molecule has 0 heterocycles. The van der Waals surface area contributed by atoms with Crippen LogP contribution in [-0.2, 0) is 4.74 Å². The van der Waals surface area contributed by atoms with Crippen molar-refractivity contribution in [3.8, 4) is 5.75 Å². The number of benzene rings is 1. The molecule has 0 radical (unpaired) electrons. The van der Waals surface area contributed by atoms with E-state index in [-0.39, 0.29) is 12.4 Å². The van der Waals surface area contributed by atoms with E-state index >= 15 is 0 Å². The zero-order valence-corrected chi connectivity index (χ0v) is 16.7. The van der Waals surface area contributed by atoms with Gasteiger partial charge in [0.1, 0.15) is 5.75 Å². The monoisotopic (exact) mass is 512 g/mol. The molecule has 1 atom stereocenters. The third kappa shape index (κ3) is 4.97.